The van der Waals surface area contributed by atoms with Crippen molar-refractivity contribution in [2.24, 2.45) is 0 Å². The molecule has 1 fully saturated rings. The van der Waals surface area contributed by atoms with Gasteiger partial charge in [0.25, 0.3) is 11.8 Å². The van der Waals surface area contributed by atoms with Crippen LogP contribution in [0.5, 0.6) is 0 Å². The number of hydrogen-bond donors (Lipinski definition) is 1. The number of carbonyl (C=O) groups excluding carboxylic acids is 4. The highest BCUT2D eigenvalue weighted by atomic mass is 16.5. The van der Waals surface area contributed by atoms with Crippen LogP contribution in [0.2, 0.25) is 0 Å². The molecule has 2 heterocycles. The smallest absolute Gasteiger partial charge is 0.338 e. The lowest BCUT2D eigenvalue weighted by Gasteiger charge is -2.26. The zero-order valence-electron chi connectivity index (χ0n) is 18.0. The van der Waals surface area contributed by atoms with Crippen LogP contribution in [0.25, 0.3) is 17.4 Å². The van der Waals surface area contributed by atoms with E-state index >= 15 is 0 Å². The molecule has 0 bridgehead atoms. The molecule has 1 saturated heterocycles. The van der Waals surface area contributed by atoms with Crippen LogP contribution in [0.15, 0.2) is 70.7 Å². The number of esters is 1. The molecule has 3 aromatic rings. The van der Waals surface area contributed by atoms with E-state index in [0.717, 1.165) is 10.5 Å². The molecule has 4 rings (SSSR count). The molecule has 1 aliphatic rings. The lowest BCUT2D eigenvalue weighted by Crippen LogP contribution is -2.54. The summed E-state index contributed by atoms with van der Waals surface area (Å²) >= 11 is 0. The number of amides is 4. The van der Waals surface area contributed by atoms with Crippen LogP contribution in [0.1, 0.15) is 28.6 Å². The Bertz CT molecular complexity index is 1290. The number of rotatable bonds is 5. The van der Waals surface area contributed by atoms with Crippen molar-refractivity contribution in [1.82, 2.24) is 5.32 Å². The Hall–Kier alpha value is -4.46. The zero-order valence-corrected chi connectivity index (χ0v) is 18.0. The van der Waals surface area contributed by atoms with E-state index < -0.39 is 23.8 Å². The van der Waals surface area contributed by atoms with Gasteiger partial charge in [-0.2, -0.15) is 0 Å². The monoisotopic (exact) mass is 444 g/mol. The average molecular weight is 444 g/mol. The first-order valence-electron chi connectivity index (χ1n) is 10.2. The van der Waals surface area contributed by atoms with E-state index in [2.05, 4.69) is 5.32 Å². The average Bonchev–Trinajstić information content (AvgIpc) is 3.26. The number of nitrogens with zero attached hydrogens (tertiary/aromatic N) is 1. The Morgan fingerprint density at radius 1 is 1.03 bits per heavy atom. The van der Waals surface area contributed by atoms with E-state index in [-0.39, 0.29) is 17.9 Å². The Morgan fingerprint density at radius 2 is 1.76 bits per heavy atom. The normalized spacial score (nSPS) is 15.0. The Labute approximate surface area is 189 Å². The Morgan fingerprint density at radius 3 is 2.48 bits per heavy atom. The third-order valence-electron chi connectivity index (χ3n) is 5.00. The fourth-order valence-electron chi connectivity index (χ4n) is 3.39. The van der Waals surface area contributed by atoms with Crippen LogP contribution >= 0.6 is 0 Å². The SMILES string of the molecule is CCOC(=O)c1ccccc1-c1ccc(/C=C2\C(=O)NC(=O)N(c3ccc(C)cc3)C2=O)o1. The standard InChI is InChI=1S/C25H20N2O6/c1-3-32-24(30)19-7-5-4-6-18(19)21-13-12-17(33-21)14-20-22(28)26-25(31)27(23(20)29)16-10-8-15(2)9-11-16/h4-14H,3H2,1-2H3,(H,26,28,31)/b20-14+. The van der Waals surface area contributed by atoms with Crippen LogP contribution < -0.4 is 10.2 Å². The van der Waals surface area contributed by atoms with Crippen molar-refractivity contribution in [2.75, 3.05) is 11.5 Å². The highest BCUT2D eigenvalue weighted by molar-refractivity contribution is 6.39. The first-order chi connectivity index (χ1) is 15.9. The minimum atomic E-state index is -0.825. The van der Waals surface area contributed by atoms with Gasteiger partial charge < -0.3 is 9.15 Å². The first kappa shape index (κ1) is 21.8. The molecular weight excluding hydrogens is 424 g/mol. The molecule has 0 radical (unpaired) electrons. The van der Waals surface area contributed by atoms with Gasteiger partial charge in [0.15, 0.2) is 0 Å². The van der Waals surface area contributed by atoms with Gasteiger partial charge in [-0.1, -0.05) is 35.9 Å². The molecule has 0 saturated carbocycles. The number of nitrogens with one attached hydrogen (secondary N) is 1. The molecule has 4 amide bonds. The molecule has 1 aliphatic heterocycles. The van der Waals surface area contributed by atoms with E-state index in [1.54, 1.807) is 67.6 Å². The molecule has 166 valence electrons. The second-order valence-corrected chi connectivity index (χ2v) is 7.26. The number of carbonyl (C=O) groups is 4. The van der Waals surface area contributed by atoms with Gasteiger partial charge in [-0.05, 0) is 50.3 Å². The van der Waals surface area contributed by atoms with Crippen molar-refractivity contribution in [1.29, 1.82) is 0 Å². The van der Waals surface area contributed by atoms with Crippen molar-refractivity contribution in [3.8, 4) is 11.3 Å². The summed E-state index contributed by atoms with van der Waals surface area (Å²) < 4.78 is 10.9. The fourth-order valence-corrected chi connectivity index (χ4v) is 3.39. The van der Waals surface area contributed by atoms with Crippen molar-refractivity contribution in [3.63, 3.8) is 0 Å². The van der Waals surface area contributed by atoms with E-state index in [1.165, 1.54) is 6.08 Å². The Balaban J connectivity index is 1.67. The number of barbiturate groups is 1. The quantitative estimate of drug-likeness (QED) is 0.361. The van der Waals surface area contributed by atoms with Crippen LogP contribution in [0.3, 0.4) is 0 Å². The summed E-state index contributed by atoms with van der Waals surface area (Å²) in [6.07, 6.45) is 1.27. The molecule has 8 nitrogen and oxygen atoms in total. The molecule has 1 aromatic heterocycles. The van der Waals surface area contributed by atoms with Gasteiger partial charge in [-0.25, -0.2) is 14.5 Å². The summed E-state index contributed by atoms with van der Waals surface area (Å²) in [4.78, 5) is 50.9. The Kier molecular flexibility index (Phi) is 5.91. The largest absolute Gasteiger partial charge is 0.462 e. The summed E-state index contributed by atoms with van der Waals surface area (Å²) in [5.74, 6) is -1.50. The number of benzene rings is 2. The van der Waals surface area contributed by atoms with Crippen molar-refractivity contribution in [3.05, 3.63) is 83.1 Å². The predicted octanol–water partition coefficient (Wildman–Crippen LogP) is 4.10. The minimum Gasteiger partial charge on any atom is -0.462 e. The maximum Gasteiger partial charge on any atom is 0.338 e. The minimum absolute atomic E-state index is 0.209. The first-order valence-corrected chi connectivity index (χ1v) is 10.2. The molecule has 8 heteroatoms. The number of anilines is 1. The lowest BCUT2D eigenvalue weighted by atomic mass is 10.1. The fraction of sp³-hybridized carbons (Fsp3) is 0.120. The van der Waals surface area contributed by atoms with Gasteiger partial charge in [0, 0.05) is 5.56 Å². The van der Waals surface area contributed by atoms with Crippen molar-refractivity contribution in [2.45, 2.75) is 13.8 Å². The van der Waals surface area contributed by atoms with Crippen LogP contribution in [0.4, 0.5) is 10.5 Å². The van der Waals surface area contributed by atoms with Gasteiger partial charge in [0.2, 0.25) is 0 Å². The van der Waals surface area contributed by atoms with Gasteiger partial charge >= 0.3 is 12.0 Å². The second-order valence-electron chi connectivity index (χ2n) is 7.26. The topological polar surface area (TPSA) is 106 Å². The molecular formula is C25H20N2O6. The lowest BCUT2D eigenvalue weighted by molar-refractivity contribution is -0.122. The summed E-state index contributed by atoms with van der Waals surface area (Å²) in [6, 6.07) is 15.9. The molecule has 0 unspecified atom stereocenters. The highest BCUT2D eigenvalue weighted by Gasteiger charge is 2.37. The molecule has 0 aliphatic carbocycles. The summed E-state index contributed by atoms with van der Waals surface area (Å²) in [5, 5.41) is 2.18. The number of imide groups is 2. The third-order valence-corrected chi connectivity index (χ3v) is 5.00. The molecule has 0 atom stereocenters. The maximum atomic E-state index is 13.0. The van der Waals surface area contributed by atoms with Gasteiger partial charge in [-0.3, -0.25) is 14.9 Å². The van der Waals surface area contributed by atoms with Crippen LogP contribution in [-0.2, 0) is 14.3 Å². The van der Waals surface area contributed by atoms with Gasteiger partial charge in [0.1, 0.15) is 17.1 Å². The summed E-state index contributed by atoms with van der Waals surface area (Å²) in [6.45, 7) is 3.83. The molecule has 33 heavy (non-hydrogen) atoms. The van der Waals surface area contributed by atoms with E-state index in [1.807, 2.05) is 6.92 Å². The zero-order chi connectivity index (χ0) is 23.5. The van der Waals surface area contributed by atoms with Gasteiger partial charge in [-0.15, -0.1) is 0 Å². The second kappa shape index (κ2) is 8.96. The van der Waals surface area contributed by atoms with Crippen molar-refractivity contribution < 1.29 is 28.3 Å². The van der Waals surface area contributed by atoms with E-state index in [9.17, 15) is 19.2 Å². The van der Waals surface area contributed by atoms with E-state index in [4.69, 9.17) is 9.15 Å². The number of furan rings is 1. The number of ether oxygens (including phenoxy) is 1. The van der Waals surface area contributed by atoms with E-state index in [0.29, 0.717) is 22.6 Å². The number of hydrogen-bond acceptors (Lipinski definition) is 6. The molecule has 2 aromatic carbocycles. The third kappa shape index (κ3) is 4.31. The maximum absolute atomic E-state index is 13.0. The number of urea groups is 1. The number of aryl methyl sites for hydroxylation is 1. The predicted molar refractivity (Wildman–Crippen MR) is 120 cm³/mol. The molecule has 1 N–H and O–H groups in total. The summed E-state index contributed by atoms with van der Waals surface area (Å²) in [5.41, 5.74) is 1.88. The molecule has 0 spiro atoms. The van der Waals surface area contributed by atoms with Crippen LogP contribution in [-0.4, -0.2) is 30.4 Å². The van der Waals surface area contributed by atoms with Gasteiger partial charge in [0.05, 0.1) is 17.9 Å². The highest BCUT2D eigenvalue weighted by Crippen LogP contribution is 2.28. The summed E-state index contributed by atoms with van der Waals surface area (Å²) in [7, 11) is 0. The van der Waals surface area contributed by atoms with Crippen molar-refractivity contribution >= 4 is 35.6 Å². The van der Waals surface area contributed by atoms with Crippen LogP contribution in [0, 0.1) is 6.92 Å².